The van der Waals surface area contributed by atoms with E-state index in [-0.39, 0.29) is 0 Å². The van der Waals surface area contributed by atoms with Crippen LogP contribution >= 0.6 is 11.6 Å². The van der Waals surface area contributed by atoms with Gasteiger partial charge < -0.3 is 0 Å². The Morgan fingerprint density at radius 2 is 1.44 bits per heavy atom. The normalized spacial score (nSPS) is 12.0. The van der Waals surface area contributed by atoms with Gasteiger partial charge in [0.25, 0.3) is 0 Å². The Morgan fingerprint density at radius 3 is 1.44 bits per heavy atom. The zero-order valence-corrected chi connectivity index (χ0v) is 7.33. The van der Waals surface area contributed by atoms with Crippen molar-refractivity contribution in [2.24, 2.45) is 5.41 Å². The zero-order chi connectivity index (χ0) is 7.33. The number of rotatable bonds is 4. The molecule has 0 saturated carbocycles. The number of halogens is 1. The van der Waals surface area contributed by atoms with E-state index < -0.39 is 0 Å². The summed E-state index contributed by atoms with van der Waals surface area (Å²) in [6, 6.07) is 0. The second-order valence-corrected chi connectivity index (χ2v) is 2.75. The molecule has 0 atom stereocenters. The van der Waals surface area contributed by atoms with Crippen LogP contribution in [0.2, 0.25) is 0 Å². The third-order valence-corrected chi connectivity index (χ3v) is 2.81. The Kier molecular flexibility index (Phi) is 4.29. The highest BCUT2D eigenvalue weighted by Gasteiger charge is 2.22. The van der Waals surface area contributed by atoms with Crippen molar-refractivity contribution in [3.8, 4) is 0 Å². The third kappa shape index (κ3) is 2.17. The van der Waals surface area contributed by atoms with E-state index in [0.717, 1.165) is 19.3 Å². The second kappa shape index (κ2) is 4.16. The smallest absolute Gasteiger partial charge is 0.0561 e. The van der Waals surface area contributed by atoms with E-state index in [0.29, 0.717) is 5.41 Å². The predicted molar refractivity (Wildman–Crippen MR) is 43.5 cm³/mol. The summed E-state index contributed by atoms with van der Waals surface area (Å²) in [5.41, 5.74) is 0.307. The van der Waals surface area contributed by atoms with Gasteiger partial charge >= 0.3 is 0 Å². The summed E-state index contributed by atoms with van der Waals surface area (Å²) in [6.07, 6.45) is 3.47. The van der Waals surface area contributed by atoms with Gasteiger partial charge in [0.2, 0.25) is 0 Å². The number of hydrogen-bond acceptors (Lipinski definition) is 0. The first-order valence-electron chi connectivity index (χ1n) is 3.69. The van der Waals surface area contributed by atoms with Gasteiger partial charge in [-0.2, -0.15) is 0 Å². The van der Waals surface area contributed by atoms with Gasteiger partial charge in [0.1, 0.15) is 0 Å². The lowest BCUT2D eigenvalue weighted by Crippen LogP contribution is -2.15. The van der Waals surface area contributed by atoms with Gasteiger partial charge in [-0.25, -0.2) is 0 Å². The molecule has 0 aliphatic rings. The molecule has 0 heterocycles. The molecule has 0 amide bonds. The molecule has 0 nitrogen and oxygen atoms in total. The average molecular weight is 148 g/mol. The van der Waals surface area contributed by atoms with Gasteiger partial charge in [-0.05, 0) is 24.7 Å². The quantitative estimate of drug-likeness (QED) is 0.570. The Balaban J connectivity index is 3.82. The molecule has 0 aromatic carbocycles. The summed E-state index contributed by atoms with van der Waals surface area (Å²) >= 11 is 5.70. The Morgan fingerprint density at radius 1 is 1.11 bits per heavy atom. The first-order chi connectivity index (χ1) is 4.24. The largest absolute Gasteiger partial charge is 0.121 e. The Bertz CT molecular complexity index is 47.5. The van der Waals surface area contributed by atoms with Crippen LogP contribution in [0.15, 0.2) is 0 Å². The van der Waals surface area contributed by atoms with Gasteiger partial charge in [-0.15, -0.1) is 11.6 Å². The molecule has 0 aliphatic heterocycles. The maximum atomic E-state index is 5.70. The van der Waals surface area contributed by atoms with E-state index in [1.807, 2.05) is 5.88 Å². The third-order valence-electron chi connectivity index (χ3n) is 2.34. The molecule has 1 radical (unpaired) electrons. The molecule has 0 aliphatic carbocycles. The Hall–Kier alpha value is 0.290. The molecule has 1 heteroatoms. The van der Waals surface area contributed by atoms with Gasteiger partial charge in [0.05, 0.1) is 5.88 Å². The van der Waals surface area contributed by atoms with Crippen LogP contribution in [0.25, 0.3) is 0 Å². The minimum absolute atomic E-state index is 0.307. The van der Waals surface area contributed by atoms with Crippen LogP contribution < -0.4 is 0 Å². The van der Waals surface area contributed by atoms with Gasteiger partial charge in [-0.1, -0.05) is 20.8 Å². The van der Waals surface area contributed by atoms with Crippen LogP contribution in [0.3, 0.4) is 0 Å². The van der Waals surface area contributed by atoms with E-state index in [1.165, 1.54) is 0 Å². The fourth-order valence-electron chi connectivity index (χ4n) is 0.981. The highest BCUT2D eigenvalue weighted by Crippen LogP contribution is 2.34. The molecular weight excluding hydrogens is 132 g/mol. The summed E-state index contributed by atoms with van der Waals surface area (Å²) in [7, 11) is 0. The minimum atomic E-state index is 0.307. The van der Waals surface area contributed by atoms with Crippen molar-refractivity contribution in [1.82, 2.24) is 0 Å². The number of hydrogen-bond donors (Lipinski definition) is 0. The lowest BCUT2D eigenvalue weighted by Gasteiger charge is -2.26. The highest BCUT2D eigenvalue weighted by molar-refractivity contribution is 6.23. The predicted octanol–water partition coefficient (Wildman–Crippen LogP) is 3.60. The summed E-state index contributed by atoms with van der Waals surface area (Å²) < 4.78 is 0. The summed E-state index contributed by atoms with van der Waals surface area (Å²) in [6.45, 7) is 6.56. The molecule has 0 saturated heterocycles. The first kappa shape index (κ1) is 9.29. The van der Waals surface area contributed by atoms with Gasteiger partial charge in [-0.3, -0.25) is 0 Å². The molecule has 0 N–H and O–H groups in total. The molecule has 0 spiro atoms. The fourth-order valence-corrected chi connectivity index (χ4v) is 1.44. The van der Waals surface area contributed by atoms with Gasteiger partial charge in [0.15, 0.2) is 0 Å². The first-order valence-corrected chi connectivity index (χ1v) is 4.13. The summed E-state index contributed by atoms with van der Waals surface area (Å²) in [4.78, 5) is 0. The van der Waals surface area contributed by atoms with Crippen molar-refractivity contribution >= 4 is 11.6 Å². The molecule has 0 unspecified atom stereocenters. The topological polar surface area (TPSA) is 0 Å². The van der Waals surface area contributed by atoms with Crippen LogP contribution in [0.5, 0.6) is 0 Å². The van der Waals surface area contributed by atoms with E-state index in [1.54, 1.807) is 0 Å². The van der Waals surface area contributed by atoms with Crippen LogP contribution in [-0.4, -0.2) is 0 Å². The SMILES string of the molecule is CCC([CH]Cl)(CC)CC. The molecule has 0 fully saturated rings. The van der Waals surface area contributed by atoms with Crippen molar-refractivity contribution in [3.05, 3.63) is 5.88 Å². The fraction of sp³-hybridized carbons (Fsp3) is 0.875. The zero-order valence-electron chi connectivity index (χ0n) is 6.58. The maximum absolute atomic E-state index is 5.70. The molecule has 0 aromatic heterocycles. The molecular formula is C8H16Cl. The van der Waals surface area contributed by atoms with Crippen molar-refractivity contribution < 1.29 is 0 Å². The molecule has 0 aromatic rings. The van der Waals surface area contributed by atoms with Crippen molar-refractivity contribution in [2.75, 3.05) is 0 Å². The van der Waals surface area contributed by atoms with E-state index in [9.17, 15) is 0 Å². The second-order valence-electron chi connectivity index (χ2n) is 2.53. The summed E-state index contributed by atoms with van der Waals surface area (Å²) in [5, 5.41) is 0. The monoisotopic (exact) mass is 147 g/mol. The van der Waals surface area contributed by atoms with Crippen LogP contribution in [0.1, 0.15) is 40.0 Å². The maximum Gasteiger partial charge on any atom is 0.0561 e. The summed E-state index contributed by atoms with van der Waals surface area (Å²) in [5.74, 6) is 1.83. The van der Waals surface area contributed by atoms with E-state index in [4.69, 9.17) is 11.6 Å². The van der Waals surface area contributed by atoms with Crippen molar-refractivity contribution in [1.29, 1.82) is 0 Å². The molecule has 0 rings (SSSR count). The Labute approximate surface area is 63.6 Å². The van der Waals surface area contributed by atoms with Crippen molar-refractivity contribution in [3.63, 3.8) is 0 Å². The van der Waals surface area contributed by atoms with Crippen LogP contribution in [-0.2, 0) is 0 Å². The molecule has 9 heavy (non-hydrogen) atoms. The van der Waals surface area contributed by atoms with Crippen LogP contribution in [0.4, 0.5) is 0 Å². The average Bonchev–Trinajstić information content (AvgIpc) is 1.95. The lowest BCUT2D eigenvalue weighted by atomic mass is 9.82. The van der Waals surface area contributed by atoms with E-state index in [2.05, 4.69) is 20.8 Å². The van der Waals surface area contributed by atoms with Crippen molar-refractivity contribution in [2.45, 2.75) is 40.0 Å². The standard InChI is InChI=1S/C8H16Cl/c1-4-8(5-2,6-3)7-9/h7H,4-6H2,1-3H3. The molecule has 0 bridgehead atoms. The lowest BCUT2D eigenvalue weighted by molar-refractivity contribution is 0.325. The van der Waals surface area contributed by atoms with Gasteiger partial charge in [0, 0.05) is 0 Å². The molecule has 55 valence electrons. The highest BCUT2D eigenvalue weighted by atomic mass is 35.5. The minimum Gasteiger partial charge on any atom is -0.121 e. The van der Waals surface area contributed by atoms with E-state index >= 15 is 0 Å². The van der Waals surface area contributed by atoms with Crippen LogP contribution in [0, 0.1) is 11.3 Å².